The van der Waals surface area contributed by atoms with E-state index in [1.54, 1.807) is 18.2 Å². The van der Waals surface area contributed by atoms with Crippen LogP contribution in [-0.4, -0.2) is 39.1 Å². The summed E-state index contributed by atoms with van der Waals surface area (Å²) in [6.07, 6.45) is 0.338. The molecule has 20 heavy (non-hydrogen) atoms. The van der Waals surface area contributed by atoms with E-state index in [1.807, 2.05) is 6.92 Å². The third-order valence-electron chi connectivity index (χ3n) is 4.13. The molecule has 0 spiro atoms. The lowest BCUT2D eigenvalue weighted by Gasteiger charge is -2.23. The minimum absolute atomic E-state index is 0.0388. The van der Waals surface area contributed by atoms with Gasteiger partial charge in [0.25, 0.3) is 0 Å². The highest BCUT2D eigenvalue weighted by Gasteiger charge is 2.64. The van der Waals surface area contributed by atoms with Gasteiger partial charge in [0.2, 0.25) is 5.91 Å². The van der Waals surface area contributed by atoms with Crippen LogP contribution in [0.25, 0.3) is 0 Å². The van der Waals surface area contributed by atoms with E-state index in [2.05, 4.69) is 10.3 Å². The largest absolute Gasteiger partial charge is 0.465 e. The normalized spacial score (nSPS) is 30.8. The third kappa shape index (κ3) is 2.10. The molecular weight excluding hydrogens is 282 g/mol. The van der Waals surface area contributed by atoms with E-state index in [4.69, 9.17) is 11.6 Å². The molecule has 2 heterocycles. The molecule has 6 nitrogen and oxygen atoms in total. The second-order valence-corrected chi connectivity index (χ2v) is 6.01. The third-order valence-corrected chi connectivity index (χ3v) is 4.34. The number of carbonyl (C=O) groups is 2. The molecular formula is C13H14ClN3O3. The predicted molar refractivity (Wildman–Crippen MR) is 72.7 cm³/mol. The Labute approximate surface area is 120 Å². The fraction of sp³-hybridized carbons (Fsp3) is 0.462. The molecule has 2 fully saturated rings. The Kier molecular flexibility index (Phi) is 2.86. The summed E-state index contributed by atoms with van der Waals surface area (Å²) in [7, 11) is 0. The van der Waals surface area contributed by atoms with Crippen molar-refractivity contribution in [2.24, 2.45) is 5.41 Å². The number of hydrogen-bond acceptors (Lipinski definition) is 3. The number of amides is 2. The zero-order valence-electron chi connectivity index (χ0n) is 10.8. The smallest absolute Gasteiger partial charge is 0.408 e. The van der Waals surface area contributed by atoms with Gasteiger partial charge in [-0.05, 0) is 30.4 Å². The number of fused-ring (bicyclic) bond motifs is 1. The Bertz CT molecular complexity index is 594. The number of pyridine rings is 1. The van der Waals surface area contributed by atoms with Crippen LogP contribution in [-0.2, 0) is 4.79 Å². The van der Waals surface area contributed by atoms with Crippen LogP contribution in [0.4, 0.5) is 10.6 Å². The number of hydrogen-bond donors (Lipinski definition) is 2. The second kappa shape index (κ2) is 4.34. The van der Waals surface area contributed by atoms with E-state index in [0.717, 1.165) is 6.42 Å². The highest BCUT2D eigenvalue weighted by Crippen LogP contribution is 2.59. The molecule has 1 aromatic rings. The van der Waals surface area contributed by atoms with E-state index in [0.29, 0.717) is 12.2 Å². The average molecular weight is 296 g/mol. The monoisotopic (exact) mass is 295 g/mol. The maximum atomic E-state index is 12.3. The maximum Gasteiger partial charge on any atom is 0.408 e. The van der Waals surface area contributed by atoms with E-state index < -0.39 is 12.1 Å². The predicted octanol–water partition coefficient (Wildman–Crippen LogP) is 2.20. The highest BCUT2D eigenvalue weighted by molar-refractivity contribution is 6.29. The molecule has 7 heteroatoms. The Morgan fingerprint density at radius 3 is 2.90 bits per heavy atom. The molecule has 1 aromatic heterocycles. The van der Waals surface area contributed by atoms with E-state index in [-0.39, 0.29) is 22.5 Å². The number of rotatable bonds is 2. The van der Waals surface area contributed by atoms with Gasteiger partial charge < -0.3 is 10.4 Å². The zero-order valence-corrected chi connectivity index (χ0v) is 11.6. The fourth-order valence-corrected chi connectivity index (χ4v) is 3.13. The van der Waals surface area contributed by atoms with Gasteiger partial charge in [0, 0.05) is 6.04 Å². The summed E-state index contributed by atoms with van der Waals surface area (Å²) in [5.41, 5.74) is -0.0534. The highest BCUT2D eigenvalue weighted by atomic mass is 35.5. The van der Waals surface area contributed by atoms with Crippen molar-refractivity contribution in [3.05, 3.63) is 23.4 Å². The van der Waals surface area contributed by atoms with Gasteiger partial charge in [0.05, 0.1) is 0 Å². The SMILES string of the molecule is CC12CC(C(=O)Nc3cccc(Cl)n3)N(C(=O)O)C1C2. The van der Waals surface area contributed by atoms with Crippen molar-refractivity contribution in [1.29, 1.82) is 0 Å². The summed E-state index contributed by atoms with van der Waals surface area (Å²) < 4.78 is 0. The lowest BCUT2D eigenvalue weighted by Crippen LogP contribution is -2.44. The number of piperidine rings is 1. The van der Waals surface area contributed by atoms with Gasteiger partial charge in [-0.1, -0.05) is 24.6 Å². The standard InChI is InChI=1S/C13H14ClN3O3/c1-13-5-7(17(12(19)20)8(13)6-13)11(18)16-10-4-2-3-9(14)15-10/h2-4,7-8H,5-6H2,1H3,(H,19,20)(H,15,16,18). The first kappa shape index (κ1) is 13.2. The Morgan fingerprint density at radius 2 is 2.25 bits per heavy atom. The minimum Gasteiger partial charge on any atom is -0.465 e. The van der Waals surface area contributed by atoms with Crippen LogP contribution >= 0.6 is 11.6 Å². The second-order valence-electron chi connectivity index (χ2n) is 5.62. The number of anilines is 1. The van der Waals surface area contributed by atoms with Gasteiger partial charge in [0.15, 0.2) is 0 Å². The molecule has 1 saturated heterocycles. The van der Waals surface area contributed by atoms with Crippen molar-refractivity contribution in [2.75, 3.05) is 5.32 Å². The van der Waals surface area contributed by atoms with Gasteiger partial charge in [-0.25, -0.2) is 9.78 Å². The molecule has 3 unspecified atom stereocenters. The van der Waals surface area contributed by atoms with Crippen LogP contribution in [0.15, 0.2) is 18.2 Å². The molecule has 0 radical (unpaired) electrons. The molecule has 3 rings (SSSR count). The van der Waals surface area contributed by atoms with Gasteiger partial charge >= 0.3 is 6.09 Å². The topological polar surface area (TPSA) is 82.5 Å². The Hall–Kier alpha value is -1.82. The van der Waals surface area contributed by atoms with Crippen LogP contribution in [0.3, 0.4) is 0 Å². The van der Waals surface area contributed by atoms with Crippen molar-refractivity contribution >= 4 is 29.4 Å². The number of likely N-dealkylation sites (tertiary alicyclic amines) is 1. The molecule has 1 saturated carbocycles. The molecule has 2 amide bonds. The molecule has 0 bridgehead atoms. The number of nitrogens with one attached hydrogen (secondary N) is 1. The minimum atomic E-state index is -1.05. The first-order chi connectivity index (χ1) is 9.40. The zero-order chi connectivity index (χ0) is 14.5. The van der Waals surface area contributed by atoms with E-state index >= 15 is 0 Å². The number of carboxylic acid groups (broad SMARTS) is 1. The lowest BCUT2D eigenvalue weighted by atomic mass is 10.0. The number of aromatic nitrogens is 1. The molecule has 2 aliphatic rings. The molecule has 0 aromatic carbocycles. The summed E-state index contributed by atoms with van der Waals surface area (Å²) in [5.74, 6) is -0.0193. The van der Waals surface area contributed by atoms with Crippen LogP contribution in [0, 0.1) is 5.41 Å². The summed E-state index contributed by atoms with van der Waals surface area (Å²) in [6, 6.07) is 4.20. The summed E-state index contributed by atoms with van der Waals surface area (Å²) in [5, 5.41) is 12.2. The van der Waals surface area contributed by atoms with E-state index in [1.165, 1.54) is 4.90 Å². The van der Waals surface area contributed by atoms with Gasteiger partial charge in [0.1, 0.15) is 17.0 Å². The van der Waals surface area contributed by atoms with Gasteiger partial charge in [-0.2, -0.15) is 0 Å². The Morgan fingerprint density at radius 1 is 1.50 bits per heavy atom. The van der Waals surface area contributed by atoms with Crippen molar-refractivity contribution in [3.63, 3.8) is 0 Å². The summed E-state index contributed by atoms with van der Waals surface area (Å²) >= 11 is 5.75. The summed E-state index contributed by atoms with van der Waals surface area (Å²) in [4.78, 5) is 28.8. The lowest BCUT2D eigenvalue weighted by molar-refractivity contribution is -0.120. The van der Waals surface area contributed by atoms with Crippen LogP contribution in [0.5, 0.6) is 0 Å². The molecule has 3 atom stereocenters. The first-order valence-electron chi connectivity index (χ1n) is 6.35. The Balaban J connectivity index is 1.76. The van der Waals surface area contributed by atoms with Crippen molar-refractivity contribution in [1.82, 2.24) is 9.88 Å². The average Bonchev–Trinajstić information content (AvgIpc) is 2.90. The fourth-order valence-electron chi connectivity index (χ4n) is 2.97. The van der Waals surface area contributed by atoms with Crippen molar-refractivity contribution in [2.45, 2.75) is 31.8 Å². The molecule has 106 valence electrons. The summed E-state index contributed by atoms with van der Waals surface area (Å²) in [6.45, 7) is 2.01. The van der Waals surface area contributed by atoms with Crippen LogP contribution in [0.2, 0.25) is 5.15 Å². The van der Waals surface area contributed by atoms with Gasteiger partial charge in [-0.15, -0.1) is 0 Å². The number of nitrogens with zero attached hydrogens (tertiary/aromatic N) is 2. The van der Waals surface area contributed by atoms with Gasteiger partial charge in [-0.3, -0.25) is 9.69 Å². The van der Waals surface area contributed by atoms with Crippen LogP contribution in [0.1, 0.15) is 19.8 Å². The maximum absolute atomic E-state index is 12.3. The van der Waals surface area contributed by atoms with Crippen LogP contribution < -0.4 is 5.32 Å². The molecule has 1 aliphatic carbocycles. The van der Waals surface area contributed by atoms with Crippen molar-refractivity contribution < 1.29 is 14.7 Å². The first-order valence-corrected chi connectivity index (χ1v) is 6.73. The number of halogens is 1. The molecule has 2 N–H and O–H groups in total. The van der Waals surface area contributed by atoms with Crippen molar-refractivity contribution in [3.8, 4) is 0 Å². The molecule has 1 aliphatic heterocycles. The number of carbonyl (C=O) groups excluding carboxylic acids is 1. The van der Waals surface area contributed by atoms with E-state index in [9.17, 15) is 14.7 Å². The quantitative estimate of drug-likeness (QED) is 0.820.